The molecule has 0 aromatic heterocycles. The monoisotopic (exact) mass is 284 g/mol. The molecule has 0 radical (unpaired) electrons. The van der Waals surface area contributed by atoms with Crippen molar-refractivity contribution >= 4 is 21.6 Å². The molecule has 0 aliphatic carbocycles. The van der Waals surface area contributed by atoms with Crippen LogP contribution >= 0.6 is 15.9 Å². The smallest absolute Gasteiger partial charge is 0.0558 e. The van der Waals surface area contributed by atoms with Crippen LogP contribution in [-0.4, -0.2) is 29.7 Å². The maximum absolute atomic E-state index is 8.93. The van der Waals surface area contributed by atoms with Crippen LogP contribution < -0.4 is 5.73 Å². The van der Waals surface area contributed by atoms with Crippen LogP contribution in [0.1, 0.15) is 5.56 Å². The average molecular weight is 285 g/mol. The van der Waals surface area contributed by atoms with E-state index in [1.54, 1.807) is 0 Å². The van der Waals surface area contributed by atoms with Gasteiger partial charge < -0.3 is 10.8 Å². The molecular weight excluding hydrogens is 268 g/mol. The van der Waals surface area contributed by atoms with Crippen molar-refractivity contribution in [3.63, 3.8) is 0 Å². The van der Waals surface area contributed by atoms with Gasteiger partial charge in [-0.1, -0.05) is 12.1 Å². The van der Waals surface area contributed by atoms with Crippen LogP contribution in [0.5, 0.6) is 0 Å². The molecule has 0 aliphatic heterocycles. The molecular formula is C12H17BrN2O. The predicted molar refractivity (Wildman–Crippen MR) is 71.1 cm³/mol. The van der Waals surface area contributed by atoms with Crippen molar-refractivity contribution < 1.29 is 5.11 Å². The maximum Gasteiger partial charge on any atom is 0.0558 e. The van der Waals surface area contributed by atoms with Gasteiger partial charge in [0.15, 0.2) is 0 Å². The summed E-state index contributed by atoms with van der Waals surface area (Å²) in [6, 6.07) is 5.90. The summed E-state index contributed by atoms with van der Waals surface area (Å²) in [5.74, 6) is 0. The fourth-order valence-corrected chi connectivity index (χ4v) is 1.76. The first-order valence-corrected chi connectivity index (χ1v) is 5.94. The van der Waals surface area contributed by atoms with Crippen molar-refractivity contribution in [3.8, 4) is 0 Å². The predicted octanol–water partition coefficient (Wildman–Crippen LogP) is 2.01. The number of aliphatic hydroxyl groups is 1. The van der Waals surface area contributed by atoms with Gasteiger partial charge >= 0.3 is 0 Å². The Morgan fingerprint density at radius 2 is 2.25 bits per heavy atom. The molecule has 1 aromatic carbocycles. The Morgan fingerprint density at radius 3 is 2.81 bits per heavy atom. The number of benzene rings is 1. The fraction of sp³-hybridized carbons (Fsp3) is 0.333. The molecule has 16 heavy (non-hydrogen) atoms. The maximum atomic E-state index is 8.93. The topological polar surface area (TPSA) is 49.5 Å². The number of nitrogen functional groups attached to an aromatic ring is 1. The van der Waals surface area contributed by atoms with Crippen molar-refractivity contribution in [1.82, 2.24) is 4.90 Å². The zero-order chi connectivity index (χ0) is 12.0. The average Bonchev–Trinajstić information content (AvgIpc) is 2.24. The third-order valence-electron chi connectivity index (χ3n) is 2.27. The van der Waals surface area contributed by atoms with Crippen molar-refractivity contribution in [2.45, 2.75) is 6.54 Å². The van der Waals surface area contributed by atoms with Crippen LogP contribution in [0.4, 0.5) is 5.69 Å². The van der Waals surface area contributed by atoms with E-state index in [0.29, 0.717) is 6.54 Å². The normalized spacial score (nSPS) is 10.7. The molecule has 0 bridgehead atoms. The molecule has 1 rings (SSSR count). The molecule has 4 heteroatoms. The number of hydrogen-bond acceptors (Lipinski definition) is 3. The number of halogens is 1. The Balaban J connectivity index is 2.68. The Hall–Kier alpha value is -0.840. The third-order valence-corrected chi connectivity index (χ3v) is 2.99. The van der Waals surface area contributed by atoms with Crippen LogP contribution in [0, 0.1) is 0 Å². The Morgan fingerprint density at radius 1 is 1.50 bits per heavy atom. The summed E-state index contributed by atoms with van der Waals surface area (Å²) in [6.07, 6.45) is 1.83. The number of anilines is 1. The first-order valence-electron chi connectivity index (χ1n) is 5.15. The lowest BCUT2D eigenvalue weighted by Crippen LogP contribution is -2.26. The Labute approximate surface area is 105 Å². The van der Waals surface area contributed by atoms with E-state index >= 15 is 0 Å². The van der Waals surface area contributed by atoms with Crippen LogP contribution in [0.3, 0.4) is 0 Å². The zero-order valence-corrected chi connectivity index (χ0v) is 10.8. The summed E-state index contributed by atoms with van der Waals surface area (Å²) in [6.45, 7) is 6.02. The quantitative estimate of drug-likeness (QED) is 0.621. The number of hydrogen-bond donors (Lipinski definition) is 2. The first kappa shape index (κ1) is 13.2. The lowest BCUT2D eigenvalue weighted by Gasteiger charge is -2.19. The second-order valence-corrected chi connectivity index (χ2v) is 4.46. The summed E-state index contributed by atoms with van der Waals surface area (Å²) in [4.78, 5) is 2.11. The Kier molecular flexibility index (Phi) is 5.52. The second kappa shape index (κ2) is 6.68. The van der Waals surface area contributed by atoms with E-state index in [2.05, 4.69) is 27.4 Å². The Bertz CT molecular complexity index is 355. The van der Waals surface area contributed by atoms with Crippen LogP contribution in [0.15, 0.2) is 35.3 Å². The minimum Gasteiger partial charge on any atom is -0.398 e. The van der Waals surface area contributed by atoms with Gasteiger partial charge in [-0.3, -0.25) is 4.90 Å². The molecule has 0 saturated carbocycles. The van der Waals surface area contributed by atoms with E-state index in [9.17, 15) is 0 Å². The molecule has 0 heterocycles. The molecule has 88 valence electrons. The van der Waals surface area contributed by atoms with Gasteiger partial charge in [0, 0.05) is 29.8 Å². The molecule has 0 unspecified atom stereocenters. The molecule has 0 amide bonds. The molecule has 0 atom stereocenters. The summed E-state index contributed by atoms with van der Waals surface area (Å²) in [5, 5.41) is 8.93. The highest BCUT2D eigenvalue weighted by molar-refractivity contribution is 9.10. The van der Waals surface area contributed by atoms with Crippen molar-refractivity contribution in [1.29, 1.82) is 0 Å². The number of nitrogens with zero attached hydrogens (tertiary/aromatic N) is 1. The first-order chi connectivity index (χ1) is 7.67. The van der Waals surface area contributed by atoms with E-state index < -0.39 is 0 Å². The lowest BCUT2D eigenvalue weighted by molar-refractivity contribution is 0.203. The molecule has 0 spiro atoms. The van der Waals surface area contributed by atoms with Crippen LogP contribution in [0.2, 0.25) is 0 Å². The van der Waals surface area contributed by atoms with Crippen molar-refractivity contribution in [3.05, 3.63) is 40.9 Å². The van der Waals surface area contributed by atoms with Gasteiger partial charge in [-0.2, -0.15) is 0 Å². The van der Waals surface area contributed by atoms with E-state index in [1.165, 1.54) is 0 Å². The molecule has 0 fully saturated rings. The van der Waals surface area contributed by atoms with Gasteiger partial charge in [0.05, 0.1) is 6.61 Å². The van der Waals surface area contributed by atoms with Gasteiger partial charge in [-0.25, -0.2) is 0 Å². The molecule has 1 aromatic rings. The van der Waals surface area contributed by atoms with Gasteiger partial charge in [0.2, 0.25) is 0 Å². The van der Waals surface area contributed by atoms with Gasteiger partial charge in [-0.05, 0) is 33.6 Å². The highest BCUT2D eigenvalue weighted by atomic mass is 79.9. The van der Waals surface area contributed by atoms with Crippen molar-refractivity contribution in [2.75, 3.05) is 25.4 Å². The summed E-state index contributed by atoms with van der Waals surface area (Å²) >= 11 is 3.36. The number of rotatable bonds is 6. The van der Waals surface area contributed by atoms with E-state index in [-0.39, 0.29) is 6.61 Å². The summed E-state index contributed by atoms with van der Waals surface area (Å²) in [5.41, 5.74) is 7.68. The minimum absolute atomic E-state index is 0.153. The van der Waals surface area contributed by atoms with Crippen molar-refractivity contribution in [2.24, 2.45) is 0 Å². The van der Waals surface area contributed by atoms with Crippen LogP contribution in [-0.2, 0) is 6.54 Å². The number of nitrogens with two attached hydrogens (primary N) is 1. The highest BCUT2D eigenvalue weighted by Gasteiger charge is 2.04. The van der Waals surface area contributed by atoms with Crippen LogP contribution in [0.25, 0.3) is 0 Å². The molecule has 0 aliphatic rings. The second-order valence-electron chi connectivity index (χ2n) is 3.60. The standard InChI is InChI=1S/C12H17BrN2O/c1-2-5-15(6-7-16)9-10-3-4-11(13)12(14)8-10/h2-4,8,16H,1,5-7,9,14H2. The zero-order valence-electron chi connectivity index (χ0n) is 9.19. The van der Waals surface area contributed by atoms with E-state index in [0.717, 1.165) is 28.8 Å². The van der Waals surface area contributed by atoms with Gasteiger partial charge in [0.25, 0.3) is 0 Å². The SMILES string of the molecule is C=CCN(CCO)Cc1ccc(Br)c(N)c1. The van der Waals surface area contributed by atoms with Gasteiger partial charge in [0.1, 0.15) is 0 Å². The third kappa shape index (κ3) is 3.96. The van der Waals surface area contributed by atoms with E-state index in [4.69, 9.17) is 10.8 Å². The minimum atomic E-state index is 0.153. The fourth-order valence-electron chi connectivity index (χ4n) is 1.51. The lowest BCUT2D eigenvalue weighted by atomic mass is 10.2. The summed E-state index contributed by atoms with van der Waals surface area (Å²) < 4.78 is 0.911. The highest BCUT2D eigenvalue weighted by Crippen LogP contribution is 2.20. The summed E-state index contributed by atoms with van der Waals surface area (Å²) in [7, 11) is 0. The largest absolute Gasteiger partial charge is 0.398 e. The molecule has 0 saturated heterocycles. The van der Waals surface area contributed by atoms with E-state index in [1.807, 2.05) is 24.3 Å². The molecule has 3 N–H and O–H groups in total. The number of aliphatic hydroxyl groups excluding tert-OH is 1. The van der Waals surface area contributed by atoms with Gasteiger partial charge in [-0.15, -0.1) is 6.58 Å². The molecule has 3 nitrogen and oxygen atoms in total.